The molecule has 3 aromatic carbocycles. The Morgan fingerprint density at radius 3 is 1.62 bits per heavy atom. The standard InChI is InChI=1S/C28H34O/c1-5-22-12-7-9-14-24(22)18-20(3)26-16-11-17-27(29)28(26)21(4)19-25-15-10-8-13-23(25)6-2/h7-17,20-21,29H,5-6,18-19H2,1-4H3. The quantitative estimate of drug-likeness (QED) is 0.433. The van der Waals surface area contributed by atoms with E-state index < -0.39 is 0 Å². The van der Waals surface area contributed by atoms with Crippen LogP contribution in [0.3, 0.4) is 0 Å². The molecule has 0 aliphatic rings. The topological polar surface area (TPSA) is 20.2 Å². The highest BCUT2D eigenvalue weighted by molar-refractivity contribution is 5.45. The van der Waals surface area contributed by atoms with Gasteiger partial charge in [-0.1, -0.05) is 88.4 Å². The Kier molecular flexibility index (Phi) is 7.14. The van der Waals surface area contributed by atoms with Crippen LogP contribution in [0.15, 0.2) is 66.7 Å². The molecule has 0 radical (unpaired) electrons. The average molecular weight is 387 g/mol. The molecule has 0 aliphatic heterocycles. The Bertz CT molecular complexity index is 941. The summed E-state index contributed by atoms with van der Waals surface area (Å²) in [7, 11) is 0. The summed E-state index contributed by atoms with van der Waals surface area (Å²) >= 11 is 0. The van der Waals surface area contributed by atoms with E-state index in [2.05, 4.69) is 82.3 Å². The van der Waals surface area contributed by atoms with Gasteiger partial charge in [-0.2, -0.15) is 0 Å². The van der Waals surface area contributed by atoms with Crippen molar-refractivity contribution in [3.8, 4) is 5.75 Å². The van der Waals surface area contributed by atoms with Crippen LogP contribution in [0.2, 0.25) is 0 Å². The van der Waals surface area contributed by atoms with Crippen LogP contribution in [0.5, 0.6) is 5.75 Å². The Hall–Kier alpha value is -2.54. The summed E-state index contributed by atoms with van der Waals surface area (Å²) in [6, 6.07) is 23.5. The van der Waals surface area contributed by atoms with Crippen molar-refractivity contribution in [1.29, 1.82) is 0 Å². The third-order valence-corrected chi connectivity index (χ3v) is 6.19. The lowest BCUT2D eigenvalue weighted by Gasteiger charge is -2.23. The molecule has 0 spiro atoms. The van der Waals surface area contributed by atoms with Gasteiger partial charge in [-0.05, 0) is 71.4 Å². The minimum atomic E-state index is 0.266. The van der Waals surface area contributed by atoms with Gasteiger partial charge in [0.15, 0.2) is 0 Å². The Morgan fingerprint density at radius 1 is 0.621 bits per heavy atom. The van der Waals surface area contributed by atoms with Gasteiger partial charge in [0.2, 0.25) is 0 Å². The molecule has 0 bridgehead atoms. The van der Waals surface area contributed by atoms with E-state index in [1.54, 1.807) is 0 Å². The molecule has 0 saturated carbocycles. The molecule has 0 amide bonds. The van der Waals surface area contributed by atoms with Crippen LogP contribution in [-0.4, -0.2) is 5.11 Å². The molecule has 3 aromatic rings. The van der Waals surface area contributed by atoms with Crippen molar-refractivity contribution >= 4 is 0 Å². The van der Waals surface area contributed by atoms with Crippen LogP contribution in [-0.2, 0) is 25.7 Å². The zero-order valence-electron chi connectivity index (χ0n) is 18.3. The summed E-state index contributed by atoms with van der Waals surface area (Å²) in [5, 5.41) is 10.8. The maximum atomic E-state index is 10.8. The zero-order valence-corrected chi connectivity index (χ0v) is 18.3. The molecule has 29 heavy (non-hydrogen) atoms. The first-order valence-electron chi connectivity index (χ1n) is 11.0. The summed E-state index contributed by atoms with van der Waals surface area (Å²) in [6.45, 7) is 8.97. The van der Waals surface area contributed by atoms with E-state index in [4.69, 9.17) is 0 Å². The first-order chi connectivity index (χ1) is 14.0. The van der Waals surface area contributed by atoms with Gasteiger partial charge < -0.3 is 5.11 Å². The predicted molar refractivity (Wildman–Crippen MR) is 124 cm³/mol. The lowest BCUT2D eigenvalue weighted by Crippen LogP contribution is -2.09. The number of phenols is 1. The Morgan fingerprint density at radius 2 is 1.10 bits per heavy atom. The van der Waals surface area contributed by atoms with Crippen molar-refractivity contribution in [2.75, 3.05) is 0 Å². The van der Waals surface area contributed by atoms with E-state index >= 15 is 0 Å². The van der Waals surface area contributed by atoms with Crippen molar-refractivity contribution in [1.82, 2.24) is 0 Å². The van der Waals surface area contributed by atoms with Crippen molar-refractivity contribution in [3.05, 3.63) is 100 Å². The average Bonchev–Trinajstić information content (AvgIpc) is 2.74. The zero-order chi connectivity index (χ0) is 20.8. The lowest BCUT2D eigenvalue weighted by molar-refractivity contribution is 0.459. The molecule has 3 rings (SSSR count). The molecule has 0 heterocycles. The van der Waals surface area contributed by atoms with Gasteiger partial charge in [0, 0.05) is 5.56 Å². The van der Waals surface area contributed by atoms with Crippen molar-refractivity contribution in [2.24, 2.45) is 0 Å². The number of aryl methyl sites for hydroxylation is 2. The highest BCUT2D eigenvalue weighted by Gasteiger charge is 2.20. The lowest BCUT2D eigenvalue weighted by atomic mass is 9.82. The van der Waals surface area contributed by atoms with Crippen LogP contribution >= 0.6 is 0 Å². The Balaban J connectivity index is 1.90. The second-order valence-corrected chi connectivity index (χ2v) is 8.23. The number of hydrogen-bond donors (Lipinski definition) is 1. The molecule has 1 heteroatoms. The van der Waals surface area contributed by atoms with E-state index in [-0.39, 0.29) is 5.92 Å². The third-order valence-electron chi connectivity index (χ3n) is 6.19. The van der Waals surface area contributed by atoms with Crippen LogP contribution in [0.1, 0.15) is 72.9 Å². The number of rotatable bonds is 8. The van der Waals surface area contributed by atoms with E-state index in [0.717, 1.165) is 31.2 Å². The number of aromatic hydroxyl groups is 1. The molecule has 0 aromatic heterocycles. The molecule has 0 fully saturated rings. The smallest absolute Gasteiger partial charge is 0.119 e. The summed E-state index contributed by atoms with van der Waals surface area (Å²) in [5.41, 5.74) is 8.02. The van der Waals surface area contributed by atoms with Gasteiger partial charge in [0.05, 0.1) is 0 Å². The van der Waals surface area contributed by atoms with Gasteiger partial charge in [-0.3, -0.25) is 0 Å². The second kappa shape index (κ2) is 9.78. The minimum Gasteiger partial charge on any atom is -0.508 e. The third kappa shape index (κ3) is 4.90. The van der Waals surface area contributed by atoms with Gasteiger partial charge >= 0.3 is 0 Å². The van der Waals surface area contributed by atoms with Crippen molar-refractivity contribution < 1.29 is 5.11 Å². The van der Waals surface area contributed by atoms with Gasteiger partial charge in [0.1, 0.15) is 5.75 Å². The van der Waals surface area contributed by atoms with Crippen molar-refractivity contribution in [3.63, 3.8) is 0 Å². The molecular formula is C28H34O. The summed E-state index contributed by atoms with van der Waals surface area (Å²) in [4.78, 5) is 0. The first kappa shape index (κ1) is 21.2. The fraction of sp³-hybridized carbons (Fsp3) is 0.357. The minimum absolute atomic E-state index is 0.266. The first-order valence-corrected chi connectivity index (χ1v) is 11.0. The maximum Gasteiger partial charge on any atom is 0.119 e. The molecule has 2 unspecified atom stereocenters. The summed E-state index contributed by atoms with van der Waals surface area (Å²) < 4.78 is 0. The van der Waals surface area contributed by atoms with E-state index in [1.807, 2.05) is 12.1 Å². The van der Waals surface area contributed by atoms with Crippen LogP contribution in [0.4, 0.5) is 0 Å². The second-order valence-electron chi connectivity index (χ2n) is 8.23. The van der Waals surface area contributed by atoms with Crippen molar-refractivity contribution in [2.45, 2.75) is 65.2 Å². The van der Waals surface area contributed by atoms with Crippen LogP contribution in [0.25, 0.3) is 0 Å². The SMILES string of the molecule is CCc1ccccc1CC(C)c1cccc(O)c1C(C)Cc1ccccc1CC. The molecular weight excluding hydrogens is 352 g/mol. The van der Waals surface area contributed by atoms with Gasteiger partial charge in [-0.15, -0.1) is 0 Å². The highest BCUT2D eigenvalue weighted by atomic mass is 16.3. The molecule has 0 aliphatic carbocycles. The van der Waals surface area contributed by atoms with Gasteiger partial charge in [0.25, 0.3) is 0 Å². The summed E-state index contributed by atoms with van der Waals surface area (Å²) in [6.07, 6.45) is 4.05. The maximum absolute atomic E-state index is 10.8. The van der Waals surface area contributed by atoms with E-state index in [0.29, 0.717) is 11.7 Å². The predicted octanol–water partition coefficient (Wildman–Crippen LogP) is 7.21. The Labute approximate surface area is 176 Å². The largest absolute Gasteiger partial charge is 0.508 e. The molecule has 1 nitrogen and oxygen atoms in total. The fourth-order valence-corrected chi connectivity index (χ4v) is 4.61. The molecule has 1 N–H and O–H groups in total. The van der Waals surface area contributed by atoms with E-state index in [9.17, 15) is 5.11 Å². The number of benzene rings is 3. The monoisotopic (exact) mass is 386 g/mol. The number of phenolic OH excluding ortho intramolecular Hbond substituents is 1. The van der Waals surface area contributed by atoms with Gasteiger partial charge in [-0.25, -0.2) is 0 Å². The fourth-order valence-electron chi connectivity index (χ4n) is 4.61. The number of hydrogen-bond acceptors (Lipinski definition) is 1. The highest BCUT2D eigenvalue weighted by Crippen LogP contribution is 2.37. The van der Waals surface area contributed by atoms with Crippen LogP contribution in [0, 0.1) is 0 Å². The van der Waals surface area contributed by atoms with E-state index in [1.165, 1.54) is 27.8 Å². The summed E-state index contributed by atoms with van der Waals surface area (Å²) in [5.74, 6) is 1.05. The van der Waals surface area contributed by atoms with Crippen LogP contribution < -0.4 is 0 Å². The molecule has 152 valence electrons. The molecule has 0 saturated heterocycles. The normalized spacial score (nSPS) is 13.2. The molecule has 2 atom stereocenters.